The number of hydrogen-bond donors (Lipinski definition) is 0. The number of methoxy groups -OCH3 is 1. The summed E-state index contributed by atoms with van der Waals surface area (Å²) in [5.41, 5.74) is 0.912. The largest absolute Gasteiger partial charge is 0.469 e. The Bertz CT molecular complexity index is 265. The SMILES string of the molecule is COC(=O)CCSCC1=NC(=O)SC1. The molecule has 0 aromatic heterocycles. The number of ether oxygens (including phenoxy) is 1. The highest BCUT2D eigenvalue weighted by Gasteiger charge is 2.14. The molecule has 0 radical (unpaired) electrons. The third-order valence-electron chi connectivity index (χ3n) is 1.56. The standard InChI is InChI=1S/C8H11NO3S2/c1-12-7(10)2-3-13-4-6-5-14-8(11)9-6/h2-5H2,1H3. The van der Waals surface area contributed by atoms with Crippen molar-refractivity contribution in [2.45, 2.75) is 6.42 Å². The molecule has 14 heavy (non-hydrogen) atoms. The summed E-state index contributed by atoms with van der Waals surface area (Å²) in [4.78, 5) is 25.3. The number of hydrogen-bond acceptors (Lipinski definition) is 5. The maximum absolute atomic E-state index is 10.7. The number of rotatable bonds is 5. The fourth-order valence-electron chi connectivity index (χ4n) is 0.860. The van der Waals surface area contributed by atoms with Crippen molar-refractivity contribution >= 4 is 40.4 Å². The molecule has 1 rings (SSSR count). The molecule has 1 aliphatic heterocycles. The Morgan fingerprint density at radius 3 is 3.07 bits per heavy atom. The maximum Gasteiger partial charge on any atom is 0.306 e. The van der Waals surface area contributed by atoms with Crippen LogP contribution in [0.4, 0.5) is 4.79 Å². The van der Waals surface area contributed by atoms with Gasteiger partial charge in [0.25, 0.3) is 0 Å². The monoisotopic (exact) mass is 233 g/mol. The summed E-state index contributed by atoms with van der Waals surface area (Å²) < 4.78 is 4.50. The summed E-state index contributed by atoms with van der Waals surface area (Å²) in [6.45, 7) is 0. The zero-order valence-electron chi connectivity index (χ0n) is 7.82. The average Bonchev–Trinajstić information content (AvgIpc) is 2.58. The molecule has 0 aromatic rings. The predicted molar refractivity (Wildman–Crippen MR) is 59.2 cm³/mol. The third-order valence-corrected chi connectivity index (χ3v) is 3.40. The molecular formula is C8H11NO3S2. The number of carbonyl (C=O) groups excluding carboxylic acids is 2. The Morgan fingerprint density at radius 1 is 1.71 bits per heavy atom. The van der Waals surface area contributed by atoms with Gasteiger partial charge in [0.05, 0.1) is 13.5 Å². The van der Waals surface area contributed by atoms with Crippen molar-refractivity contribution in [2.24, 2.45) is 4.99 Å². The van der Waals surface area contributed by atoms with Gasteiger partial charge in [-0.15, -0.1) is 0 Å². The lowest BCUT2D eigenvalue weighted by Crippen LogP contribution is -2.05. The molecule has 4 nitrogen and oxygen atoms in total. The summed E-state index contributed by atoms with van der Waals surface area (Å²) in [6.07, 6.45) is 0.412. The summed E-state index contributed by atoms with van der Waals surface area (Å²) in [5, 5.41) is -0.103. The van der Waals surface area contributed by atoms with E-state index < -0.39 is 0 Å². The minimum absolute atomic E-state index is 0.103. The normalized spacial score (nSPS) is 15.5. The Kier molecular flexibility index (Phi) is 5.03. The van der Waals surface area contributed by atoms with Crippen LogP contribution in [0.1, 0.15) is 6.42 Å². The summed E-state index contributed by atoms with van der Waals surface area (Å²) >= 11 is 2.83. The van der Waals surface area contributed by atoms with E-state index >= 15 is 0 Å². The number of aliphatic imine (C=N–C) groups is 1. The van der Waals surface area contributed by atoms with Gasteiger partial charge in [-0.25, -0.2) is 4.99 Å². The summed E-state index contributed by atoms with van der Waals surface area (Å²) in [7, 11) is 1.38. The average molecular weight is 233 g/mol. The van der Waals surface area contributed by atoms with Crippen LogP contribution in [0.15, 0.2) is 4.99 Å². The lowest BCUT2D eigenvalue weighted by atomic mass is 10.5. The molecule has 0 saturated carbocycles. The lowest BCUT2D eigenvalue weighted by Gasteiger charge is -1.99. The maximum atomic E-state index is 10.7. The molecule has 0 bridgehead atoms. The van der Waals surface area contributed by atoms with Gasteiger partial charge < -0.3 is 4.74 Å². The van der Waals surface area contributed by atoms with Gasteiger partial charge in [-0.2, -0.15) is 11.8 Å². The molecule has 0 aliphatic carbocycles. The van der Waals surface area contributed by atoms with Crippen LogP contribution in [-0.2, 0) is 9.53 Å². The number of thioether (sulfide) groups is 2. The van der Waals surface area contributed by atoms with Crippen LogP contribution in [0.5, 0.6) is 0 Å². The van der Waals surface area contributed by atoms with Gasteiger partial charge in [0.2, 0.25) is 0 Å². The molecule has 1 heterocycles. The molecule has 0 unspecified atom stereocenters. The molecule has 6 heteroatoms. The molecule has 0 fully saturated rings. The Labute approximate surface area is 90.9 Å². The summed E-state index contributed by atoms with van der Waals surface area (Å²) in [5.74, 6) is 1.95. The van der Waals surface area contributed by atoms with Crippen LogP contribution in [0.3, 0.4) is 0 Å². The summed E-state index contributed by atoms with van der Waals surface area (Å²) in [6, 6.07) is 0. The Balaban J connectivity index is 2.07. The van der Waals surface area contributed by atoms with Gasteiger partial charge in [0.1, 0.15) is 0 Å². The first kappa shape index (κ1) is 11.6. The van der Waals surface area contributed by atoms with Crippen molar-refractivity contribution in [1.29, 1.82) is 0 Å². The van der Waals surface area contributed by atoms with E-state index in [2.05, 4.69) is 9.73 Å². The lowest BCUT2D eigenvalue weighted by molar-refractivity contribution is -0.140. The molecule has 1 aliphatic rings. The molecule has 0 spiro atoms. The van der Waals surface area contributed by atoms with E-state index in [1.54, 1.807) is 11.8 Å². The Hall–Kier alpha value is -0.490. The van der Waals surface area contributed by atoms with Crippen LogP contribution in [0, 0.1) is 0 Å². The van der Waals surface area contributed by atoms with Crippen LogP contribution >= 0.6 is 23.5 Å². The molecule has 0 aromatic carbocycles. The fourth-order valence-corrected chi connectivity index (χ4v) is 2.50. The van der Waals surface area contributed by atoms with Crippen molar-refractivity contribution in [3.05, 3.63) is 0 Å². The van der Waals surface area contributed by atoms with Crippen molar-refractivity contribution in [3.63, 3.8) is 0 Å². The van der Waals surface area contributed by atoms with Crippen LogP contribution in [0.2, 0.25) is 0 Å². The third kappa shape index (κ3) is 4.15. The van der Waals surface area contributed by atoms with Gasteiger partial charge in [-0.1, -0.05) is 11.8 Å². The van der Waals surface area contributed by atoms with E-state index in [1.807, 2.05) is 0 Å². The van der Waals surface area contributed by atoms with Crippen molar-refractivity contribution < 1.29 is 14.3 Å². The van der Waals surface area contributed by atoms with E-state index in [-0.39, 0.29) is 11.2 Å². The van der Waals surface area contributed by atoms with E-state index in [4.69, 9.17) is 0 Å². The fraction of sp³-hybridized carbons (Fsp3) is 0.625. The van der Waals surface area contributed by atoms with E-state index in [0.717, 1.165) is 11.5 Å². The van der Waals surface area contributed by atoms with Crippen LogP contribution in [0.25, 0.3) is 0 Å². The van der Waals surface area contributed by atoms with Gasteiger partial charge in [-0.3, -0.25) is 9.59 Å². The van der Waals surface area contributed by atoms with Gasteiger partial charge in [-0.05, 0) is 0 Å². The zero-order chi connectivity index (χ0) is 10.4. The topological polar surface area (TPSA) is 55.7 Å². The van der Waals surface area contributed by atoms with E-state index in [1.165, 1.54) is 18.9 Å². The first-order chi connectivity index (χ1) is 6.72. The number of carbonyl (C=O) groups is 2. The number of nitrogens with zero attached hydrogens (tertiary/aromatic N) is 1. The highest BCUT2D eigenvalue weighted by atomic mass is 32.2. The number of amides is 1. The first-order valence-electron chi connectivity index (χ1n) is 4.10. The second-order valence-electron chi connectivity index (χ2n) is 2.61. The van der Waals surface area contributed by atoms with E-state index in [9.17, 15) is 9.59 Å². The van der Waals surface area contributed by atoms with E-state index in [0.29, 0.717) is 17.9 Å². The van der Waals surface area contributed by atoms with Crippen molar-refractivity contribution in [1.82, 2.24) is 0 Å². The Morgan fingerprint density at radius 2 is 2.50 bits per heavy atom. The minimum Gasteiger partial charge on any atom is -0.469 e. The molecule has 0 N–H and O–H groups in total. The van der Waals surface area contributed by atoms with Gasteiger partial charge >= 0.3 is 11.2 Å². The second kappa shape index (κ2) is 6.08. The molecule has 78 valence electrons. The zero-order valence-corrected chi connectivity index (χ0v) is 9.45. The van der Waals surface area contributed by atoms with Crippen molar-refractivity contribution in [2.75, 3.05) is 24.4 Å². The molecule has 0 saturated heterocycles. The molecule has 1 amide bonds. The smallest absolute Gasteiger partial charge is 0.306 e. The minimum atomic E-state index is -0.198. The molecule has 0 atom stereocenters. The molecular weight excluding hydrogens is 222 g/mol. The highest BCUT2D eigenvalue weighted by Crippen LogP contribution is 2.16. The first-order valence-corrected chi connectivity index (χ1v) is 6.24. The predicted octanol–water partition coefficient (Wildman–Crippen LogP) is 1.59. The van der Waals surface area contributed by atoms with Crippen LogP contribution in [-0.4, -0.2) is 41.3 Å². The quantitative estimate of drug-likeness (QED) is 0.533. The van der Waals surface area contributed by atoms with Crippen molar-refractivity contribution in [3.8, 4) is 0 Å². The van der Waals surface area contributed by atoms with Gasteiger partial charge in [0.15, 0.2) is 0 Å². The highest BCUT2D eigenvalue weighted by molar-refractivity contribution is 8.14. The second-order valence-corrected chi connectivity index (χ2v) is 4.64. The van der Waals surface area contributed by atoms with Gasteiger partial charge in [0, 0.05) is 23.0 Å². The number of esters is 1. The van der Waals surface area contributed by atoms with Crippen LogP contribution < -0.4 is 0 Å².